The molecule has 0 bridgehead atoms. The number of carboxylic acid groups (broad SMARTS) is 1. The van der Waals surface area contributed by atoms with Crippen LogP contribution < -0.4 is 0 Å². The Morgan fingerprint density at radius 2 is 1.95 bits per heavy atom. The first kappa shape index (κ1) is 13.0. The van der Waals surface area contributed by atoms with Crippen molar-refractivity contribution >= 4 is 33.2 Å². The van der Waals surface area contributed by atoms with E-state index in [0.29, 0.717) is 17.3 Å². The van der Waals surface area contributed by atoms with Crippen LogP contribution in [0.15, 0.2) is 43.9 Å². The fourth-order valence-corrected chi connectivity index (χ4v) is 2.79. The molecule has 3 aromatic rings. The van der Waals surface area contributed by atoms with Crippen LogP contribution >= 0.6 is 27.3 Å². The first-order valence-electron chi connectivity index (χ1n) is 5.55. The number of nitrogens with zero attached hydrogens (tertiary/aromatic N) is 2. The molecule has 0 aliphatic carbocycles. The molecular formula is C13H7BrN2O3S. The largest absolute Gasteiger partial charge is 0.478 e. The molecule has 0 aliphatic heterocycles. The zero-order valence-corrected chi connectivity index (χ0v) is 12.3. The lowest BCUT2D eigenvalue weighted by Crippen LogP contribution is -1.95. The van der Waals surface area contributed by atoms with E-state index in [1.54, 1.807) is 12.1 Å². The minimum absolute atomic E-state index is 0.181. The van der Waals surface area contributed by atoms with Crippen molar-refractivity contribution < 1.29 is 14.3 Å². The maximum atomic E-state index is 10.9. The minimum Gasteiger partial charge on any atom is -0.478 e. The Morgan fingerprint density at radius 3 is 2.60 bits per heavy atom. The predicted octanol–water partition coefficient (Wildman–Crippen LogP) is 3.93. The summed E-state index contributed by atoms with van der Waals surface area (Å²) in [4.78, 5) is 10.9. The van der Waals surface area contributed by atoms with Gasteiger partial charge in [-0.1, -0.05) is 6.07 Å². The van der Waals surface area contributed by atoms with Crippen LogP contribution in [0.2, 0.25) is 0 Å². The van der Waals surface area contributed by atoms with Gasteiger partial charge in [0.1, 0.15) is 0 Å². The first-order chi connectivity index (χ1) is 9.63. The average Bonchev–Trinajstić information content (AvgIpc) is 3.07. The van der Waals surface area contributed by atoms with Gasteiger partial charge < -0.3 is 9.52 Å². The molecule has 0 fully saturated rings. The summed E-state index contributed by atoms with van der Waals surface area (Å²) in [5.41, 5.74) is 1.59. The maximum Gasteiger partial charge on any atom is 0.335 e. The van der Waals surface area contributed by atoms with Gasteiger partial charge in [-0.15, -0.1) is 21.5 Å². The summed E-state index contributed by atoms with van der Waals surface area (Å²) >= 11 is 4.89. The zero-order chi connectivity index (χ0) is 14.1. The van der Waals surface area contributed by atoms with Crippen LogP contribution in [0.25, 0.3) is 22.9 Å². The molecule has 0 aliphatic rings. The molecule has 0 saturated heterocycles. The van der Waals surface area contributed by atoms with E-state index >= 15 is 0 Å². The van der Waals surface area contributed by atoms with Gasteiger partial charge in [0.05, 0.1) is 14.9 Å². The van der Waals surface area contributed by atoms with Gasteiger partial charge in [-0.3, -0.25) is 0 Å². The fourth-order valence-electron chi connectivity index (χ4n) is 1.66. The normalized spacial score (nSPS) is 10.7. The molecule has 5 nitrogen and oxygen atoms in total. The molecular weight excluding hydrogens is 344 g/mol. The molecule has 0 atom stereocenters. The second kappa shape index (κ2) is 5.18. The highest BCUT2D eigenvalue weighted by molar-refractivity contribution is 9.11. The molecule has 0 saturated carbocycles. The van der Waals surface area contributed by atoms with Crippen LogP contribution in [0.3, 0.4) is 0 Å². The Balaban J connectivity index is 1.98. The van der Waals surface area contributed by atoms with Crippen molar-refractivity contribution in [1.29, 1.82) is 0 Å². The highest BCUT2D eigenvalue weighted by Gasteiger charge is 2.13. The molecule has 100 valence electrons. The van der Waals surface area contributed by atoms with E-state index in [1.807, 2.05) is 11.4 Å². The molecule has 20 heavy (non-hydrogen) atoms. The standard InChI is InChI=1S/C13H7BrN2O3S/c14-10-5-9(6-20-10)12-16-15-11(19-12)7-2-1-3-8(4-7)13(17)18/h1-6H,(H,17,18). The summed E-state index contributed by atoms with van der Waals surface area (Å²) in [6, 6.07) is 8.27. The van der Waals surface area contributed by atoms with Crippen molar-refractivity contribution in [2.75, 3.05) is 0 Å². The number of carboxylic acids is 1. The highest BCUT2D eigenvalue weighted by Crippen LogP contribution is 2.30. The van der Waals surface area contributed by atoms with Crippen LogP contribution in [-0.2, 0) is 0 Å². The van der Waals surface area contributed by atoms with E-state index in [9.17, 15) is 4.79 Å². The topological polar surface area (TPSA) is 76.2 Å². The first-order valence-corrected chi connectivity index (χ1v) is 7.22. The molecule has 2 aromatic heterocycles. The number of aromatic nitrogens is 2. The Bertz CT molecular complexity index is 781. The average molecular weight is 351 g/mol. The number of hydrogen-bond donors (Lipinski definition) is 1. The quantitative estimate of drug-likeness (QED) is 0.774. The molecule has 0 radical (unpaired) electrons. The van der Waals surface area contributed by atoms with Gasteiger partial charge in [0, 0.05) is 10.9 Å². The summed E-state index contributed by atoms with van der Waals surface area (Å²) in [5.74, 6) is -0.290. The fraction of sp³-hybridized carbons (Fsp3) is 0. The van der Waals surface area contributed by atoms with Gasteiger partial charge in [-0.2, -0.15) is 0 Å². The van der Waals surface area contributed by atoms with E-state index in [1.165, 1.54) is 23.5 Å². The highest BCUT2D eigenvalue weighted by atomic mass is 79.9. The lowest BCUT2D eigenvalue weighted by molar-refractivity contribution is 0.0697. The smallest absolute Gasteiger partial charge is 0.335 e. The number of rotatable bonds is 3. The van der Waals surface area contributed by atoms with E-state index in [4.69, 9.17) is 9.52 Å². The van der Waals surface area contributed by atoms with Gasteiger partial charge >= 0.3 is 5.97 Å². The molecule has 1 N–H and O–H groups in total. The number of aromatic carboxylic acids is 1. The number of carbonyl (C=O) groups is 1. The summed E-state index contributed by atoms with van der Waals surface area (Å²) in [5, 5.41) is 18.8. The Morgan fingerprint density at radius 1 is 1.20 bits per heavy atom. The van der Waals surface area contributed by atoms with Crippen molar-refractivity contribution in [3.05, 3.63) is 45.1 Å². The molecule has 0 unspecified atom stereocenters. The third-order valence-corrected chi connectivity index (χ3v) is 4.10. The summed E-state index contributed by atoms with van der Waals surface area (Å²) in [7, 11) is 0. The monoisotopic (exact) mass is 350 g/mol. The van der Waals surface area contributed by atoms with Crippen molar-refractivity contribution in [2.24, 2.45) is 0 Å². The molecule has 0 spiro atoms. The van der Waals surface area contributed by atoms with Crippen molar-refractivity contribution in [3.8, 4) is 22.9 Å². The Labute approximate surface area is 126 Å². The molecule has 7 heteroatoms. The third kappa shape index (κ3) is 2.50. The summed E-state index contributed by atoms with van der Waals surface area (Å²) < 4.78 is 6.55. The van der Waals surface area contributed by atoms with Gasteiger partial charge in [-0.05, 0) is 40.2 Å². The minimum atomic E-state index is -0.992. The van der Waals surface area contributed by atoms with Crippen LogP contribution in [0.1, 0.15) is 10.4 Å². The van der Waals surface area contributed by atoms with Gasteiger partial charge in [0.15, 0.2) is 0 Å². The third-order valence-electron chi connectivity index (χ3n) is 2.60. The van der Waals surface area contributed by atoms with Crippen molar-refractivity contribution in [3.63, 3.8) is 0 Å². The van der Waals surface area contributed by atoms with Crippen LogP contribution in [0, 0.1) is 0 Å². The van der Waals surface area contributed by atoms with Crippen molar-refractivity contribution in [1.82, 2.24) is 10.2 Å². The van der Waals surface area contributed by atoms with Crippen LogP contribution in [0.4, 0.5) is 0 Å². The molecule has 0 amide bonds. The van der Waals surface area contributed by atoms with E-state index < -0.39 is 5.97 Å². The van der Waals surface area contributed by atoms with E-state index in [2.05, 4.69) is 26.1 Å². The Hall–Kier alpha value is -1.99. The van der Waals surface area contributed by atoms with Crippen LogP contribution in [-0.4, -0.2) is 21.3 Å². The number of hydrogen-bond acceptors (Lipinski definition) is 5. The summed E-state index contributed by atoms with van der Waals surface area (Å²) in [6.45, 7) is 0. The van der Waals surface area contributed by atoms with Crippen LogP contribution in [0.5, 0.6) is 0 Å². The van der Waals surface area contributed by atoms with Gasteiger partial charge in [0.25, 0.3) is 0 Å². The molecule has 1 aromatic carbocycles. The van der Waals surface area contributed by atoms with E-state index in [-0.39, 0.29) is 5.56 Å². The SMILES string of the molecule is O=C(O)c1cccc(-c2nnc(-c3csc(Br)c3)o2)c1. The zero-order valence-electron chi connectivity index (χ0n) is 9.91. The van der Waals surface area contributed by atoms with Gasteiger partial charge in [-0.25, -0.2) is 4.79 Å². The second-order valence-electron chi connectivity index (χ2n) is 3.94. The van der Waals surface area contributed by atoms with Crippen molar-refractivity contribution in [2.45, 2.75) is 0 Å². The maximum absolute atomic E-state index is 10.9. The Kier molecular flexibility index (Phi) is 3.37. The molecule has 3 rings (SSSR count). The lowest BCUT2D eigenvalue weighted by atomic mass is 10.1. The lowest BCUT2D eigenvalue weighted by Gasteiger charge is -1.97. The summed E-state index contributed by atoms with van der Waals surface area (Å²) in [6.07, 6.45) is 0. The number of thiophene rings is 1. The van der Waals surface area contributed by atoms with E-state index in [0.717, 1.165) is 9.35 Å². The molecule has 2 heterocycles. The number of benzene rings is 1. The predicted molar refractivity (Wildman–Crippen MR) is 77.7 cm³/mol. The van der Waals surface area contributed by atoms with Gasteiger partial charge in [0.2, 0.25) is 11.8 Å². The number of halogens is 1. The second-order valence-corrected chi connectivity index (χ2v) is 6.23.